The zero-order chi connectivity index (χ0) is 21.3. The lowest BCUT2D eigenvalue weighted by molar-refractivity contribution is -0.380. The van der Waals surface area contributed by atoms with Crippen LogP contribution < -0.4 is 10.2 Å². The Labute approximate surface area is 174 Å². The van der Waals surface area contributed by atoms with Crippen LogP contribution in [0.4, 0.5) is 21.2 Å². The first-order valence-electron chi connectivity index (χ1n) is 9.33. The van der Waals surface area contributed by atoms with Gasteiger partial charge >= 0.3 is 11.0 Å². The molecule has 11 heteroatoms. The Balaban J connectivity index is 1.63. The lowest BCUT2D eigenvalue weighted by Crippen LogP contribution is -2.37. The number of carbonyl (C=O) groups is 1. The molecule has 9 nitrogen and oxygen atoms in total. The monoisotopic (exact) mass is 431 g/mol. The number of aromatic nitrogens is 2. The van der Waals surface area contributed by atoms with Gasteiger partial charge in [-0.05, 0) is 41.9 Å². The summed E-state index contributed by atoms with van der Waals surface area (Å²) in [6.07, 6.45) is 0.972. The van der Waals surface area contributed by atoms with Crippen molar-refractivity contribution in [3.05, 3.63) is 51.8 Å². The average molecular weight is 431 g/mol. The normalized spacial score (nSPS) is 14.8. The second kappa shape index (κ2) is 8.19. The topological polar surface area (TPSA) is 121 Å². The molecule has 1 aliphatic rings. The van der Waals surface area contributed by atoms with Crippen molar-refractivity contribution in [2.75, 3.05) is 23.3 Å². The molecule has 156 valence electrons. The minimum absolute atomic E-state index is 0.0362. The molecule has 3 aromatic rings. The van der Waals surface area contributed by atoms with E-state index >= 15 is 0 Å². The average Bonchev–Trinajstić information content (AvgIpc) is 3.18. The minimum Gasteiger partial charge on any atom is -0.481 e. The molecule has 2 aromatic heterocycles. The van der Waals surface area contributed by atoms with E-state index in [9.17, 15) is 24.4 Å². The first-order valence-corrected chi connectivity index (χ1v) is 10.1. The Morgan fingerprint density at radius 3 is 2.63 bits per heavy atom. The van der Waals surface area contributed by atoms with Crippen LogP contribution in [0.25, 0.3) is 10.2 Å². The van der Waals surface area contributed by atoms with E-state index in [2.05, 4.69) is 15.3 Å². The molecule has 1 aliphatic heterocycles. The third-order valence-corrected chi connectivity index (χ3v) is 6.03. The van der Waals surface area contributed by atoms with Crippen molar-refractivity contribution in [3.63, 3.8) is 0 Å². The molecule has 4 rings (SSSR count). The summed E-state index contributed by atoms with van der Waals surface area (Å²) in [6.45, 7) is 1.34. The maximum absolute atomic E-state index is 13.1. The van der Waals surface area contributed by atoms with Gasteiger partial charge in [0.05, 0.1) is 16.2 Å². The number of rotatable bonds is 6. The number of piperidine rings is 1. The molecule has 0 aliphatic carbocycles. The largest absolute Gasteiger partial charge is 0.481 e. The summed E-state index contributed by atoms with van der Waals surface area (Å²) in [5, 5.41) is 24.1. The van der Waals surface area contributed by atoms with E-state index in [0.717, 1.165) is 16.9 Å². The molecular formula is C19H18FN5O4S. The molecule has 0 bridgehead atoms. The standard InChI is InChI=1S/C19H18FN5O4S/c20-13-3-1-11(2-4-13)10-21-16-14-9-15(25(28)29)30-17(14)23-19(22-16)24-7-5-12(6-8-24)18(26)27/h1-4,9,12H,5-8,10H2,(H,26,27)(H,21,22,23). The van der Waals surface area contributed by atoms with Gasteiger partial charge in [-0.25, -0.2) is 9.37 Å². The van der Waals surface area contributed by atoms with Gasteiger partial charge in [-0.2, -0.15) is 4.98 Å². The number of fused-ring (bicyclic) bond motifs is 1. The van der Waals surface area contributed by atoms with Crippen LogP contribution in [0, 0.1) is 21.8 Å². The highest BCUT2D eigenvalue weighted by Gasteiger charge is 2.27. The number of carboxylic acids is 1. The van der Waals surface area contributed by atoms with Crippen molar-refractivity contribution in [3.8, 4) is 0 Å². The van der Waals surface area contributed by atoms with Gasteiger partial charge in [-0.3, -0.25) is 14.9 Å². The van der Waals surface area contributed by atoms with E-state index in [1.54, 1.807) is 12.1 Å². The summed E-state index contributed by atoms with van der Waals surface area (Å²) in [6, 6.07) is 7.45. The highest BCUT2D eigenvalue weighted by molar-refractivity contribution is 7.21. The molecule has 1 fully saturated rings. The van der Waals surface area contributed by atoms with Crippen molar-refractivity contribution < 1.29 is 19.2 Å². The molecule has 0 atom stereocenters. The predicted octanol–water partition coefficient (Wildman–Crippen LogP) is 3.65. The van der Waals surface area contributed by atoms with Crippen LogP contribution in [0.1, 0.15) is 18.4 Å². The van der Waals surface area contributed by atoms with E-state index in [-0.39, 0.29) is 16.7 Å². The Morgan fingerprint density at radius 1 is 1.30 bits per heavy atom. The highest BCUT2D eigenvalue weighted by atomic mass is 32.1. The number of hydrogen-bond acceptors (Lipinski definition) is 8. The van der Waals surface area contributed by atoms with Gasteiger partial charge in [0.15, 0.2) is 0 Å². The van der Waals surface area contributed by atoms with E-state index in [0.29, 0.717) is 54.5 Å². The van der Waals surface area contributed by atoms with Crippen molar-refractivity contribution in [2.45, 2.75) is 19.4 Å². The zero-order valence-electron chi connectivity index (χ0n) is 15.7. The highest BCUT2D eigenvalue weighted by Crippen LogP contribution is 2.35. The van der Waals surface area contributed by atoms with Gasteiger partial charge in [0.1, 0.15) is 16.5 Å². The van der Waals surface area contributed by atoms with Gasteiger partial charge in [-0.15, -0.1) is 0 Å². The van der Waals surface area contributed by atoms with Gasteiger partial charge in [0.2, 0.25) is 5.95 Å². The maximum atomic E-state index is 13.1. The SMILES string of the molecule is O=C(O)C1CCN(c2nc(NCc3ccc(F)cc3)c3cc([N+](=O)[O-])sc3n2)CC1. The predicted molar refractivity (Wildman–Crippen MR) is 110 cm³/mol. The quantitative estimate of drug-likeness (QED) is 0.448. The second-order valence-corrected chi connectivity index (χ2v) is 8.02. The van der Waals surface area contributed by atoms with Crippen LogP contribution in [0.3, 0.4) is 0 Å². The lowest BCUT2D eigenvalue weighted by atomic mass is 9.97. The van der Waals surface area contributed by atoms with Crippen LogP contribution >= 0.6 is 11.3 Å². The van der Waals surface area contributed by atoms with Crippen LogP contribution in [-0.2, 0) is 11.3 Å². The Bertz CT molecular complexity index is 1100. The Hall–Kier alpha value is -3.34. The maximum Gasteiger partial charge on any atom is 0.326 e. The van der Waals surface area contributed by atoms with Gasteiger partial charge in [-0.1, -0.05) is 12.1 Å². The number of nitro groups is 1. The first kappa shape index (κ1) is 20.0. The number of nitrogens with zero attached hydrogens (tertiary/aromatic N) is 4. The van der Waals surface area contributed by atoms with Crippen LogP contribution in [0.15, 0.2) is 30.3 Å². The van der Waals surface area contributed by atoms with Crippen LogP contribution in [0.2, 0.25) is 0 Å². The van der Waals surface area contributed by atoms with E-state index in [4.69, 9.17) is 0 Å². The number of aliphatic carboxylic acids is 1. The van der Waals surface area contributed by atoms with Gasteiger partial charge in [0, 0.05) is 25.7 Å². The van der Waals surface area contributed by atoms with Crippen LogP contribution in [0.5, 0.6) is 0 Å². The molecule has 2 N–H and O–H groups in total. The number of hydrogen-bond donors (Lipinski definition) is 2. The van der Waals surface area contributed by atoms with Gasteiger partial charge in [0.25, 0.3) is 0 Å². The van der Waals surface area contributed by atoms with Crippen molar-refractivity contribution in [1.82, 2.24) is 9.97 Å². The van der Waals surface area contributed by atoms with E-state index in [1.807, 2.05) is 4.90 Å². The molecule has 1 aromatic carbocycles. The fraction of sp³-hybridized carbons (Fsp3) is 0.316. The molecule has 30 heavy (non-hydrogen) atoms. The Kier molecular flexibility index (Phi) is 5.44. The van der Waals surface area contributed by atoms with E-state index < -0.39 is 10.9 Å². The number of thiophene rings is 1. The summed E-state index contributed by atoms with van der Waals surface area (Å²) in [5.41, 5.74) is 0.830. The van der Waals surface area contributed by atoms with Crippen molar-refractivity contribution in [1.29, 1.82) is 0 Å². The molecule has 1 saturated heterocycles. The summed E-state index contributed by atoms with van der Waals surface area (Å²) in [4.78, 5) is 33.4. The summed E-state index contributed by atoms with van der Waals surface area (Å²) in [5.74, 6) is -0.664. The molecule has 0 amide bonds. The summed E-state index contributed by atoms with van der Waals surface area (Å²) < 4.78 is 13.1. The molecule has 0 unspecified atom stereocenters. The lowest BCUT2D eigenvalue weighted by Gasteiger charge is -2.30. The molecular weight excluding hydrogens is 413 g/mol. The minimum atomic E-state index is -0.804. The number of nitrogens with one attached hydrogen (secondary N) is 1. The van der Waals surface area contributed by atoms with Crippen molar-refractivity contribution >= 4 is 44.3 Å². The summed E-state index contributed by atoms with van der Waals surface area (Å²) in [7, 11) is 0. The van der Waals surface area contributed by atoms with E-state index in [1.165, 1.54) is 18.2 Å². The molecule has 3 heterocycles. The van der Waals surface area contributed by atoms with Crippen molar-refractivity contribution in [2.24, 2.45) is 5.92 Å². The molecule has 0 saturated carbocycles. The number of carboxylic acid groups (broad SMARTS) is 1. The molecule has 0 radical (unpaired) electrons. The third kappa shape index (κ3) is 4.15. The smallest absolute Gasteiger partial charge is 0.326 e. The number of halogens is 1. The second-order valence-electron chi connectivity index (χ2n) is 7.01. The summed E-state index contributed by atoms with van der Waals surface area (Å²) >= 11 is 0.966. The van der Waals surface area contributed by atoms with Gasteiger partial charge < -0.3 is 15.3 Å². The van der Waals surface area contributed by atoms with Crippen LogP contribution in [-0.4, -0.2) is 39.1 Å². The molecule has 0 spiro atoms. The third-order valence-electron chi connectivity index (χ3n) is 5.05. The number of benzene rings is 1. The zero-order valence-corrected chi connectivity index (χ0v) is 16.6. The Morgan fingerprint density at radius 2 is 2.00 bits per heavy atom. The number of anilines is 2. The fourth-order valence-electron chi connectivity index (χ4n) is 3.38. The first-order chi connectivity index (χ1) is 14.4. The fourth-order valence-corrected chi connectivity index (χ4v) is 4.22.